The standard InChI is InChI=1S/C14H15N3O2/c1-17(8-9-2-3-9)14-15-7-11-6-10(13(18)19)4-5-12(11)16-14/h4-7,9H,2-3,8H2,1H3,(H,18,19). The number of carboxylic acid groups (broad SMARTS) is 1. The molecule has 0 amide bonds. The van der Waals surface area contributed by atoms with E-state index in [4.69, 9.17) is 5.11 Å². The summed E-state index contributed by atoms with van der Waals surface area (Å²) in [5.74, 6) is 0.540. The Morgan fingerprint density at radius 2 is 2.26 bits per heavy atom. The molecule has 98 valence electrons. The molecule has 0 spiro atoms. The van der Waals surface area contributed by atoms with E-state index in [0.29, 0.717) is 5.95 Å². The van der Waals surface area contributed by atoms with Gasteiger partial charge in [0, 0.05) is 25.2 Å². The normalized spacial score (nSPS) is 14.6. The fourth-order valence-electron chi connectivity index (χ4n) is 2.11. The number of aromatic carboxylic acids is 1. The third kappa shape index (κ3) is 2.50. The molecule has 19 heavy (non-hydrogen) atoms. The quantitative estimate of drug-likeness (QED) is 0.909. The predicted molar refractivity (Wildman–Crippen MR) is 72.5 cm³/mol. The molecule has 1 aliphatic rings. The summed E-state index contributed by atoms with van der Waals surface area (Å²) in [4.78, 5) is 21.7. The second-order valence-electron chi connectivity index (χ2n) is 5.07. The number of carboxylic acids is 1. The van der Waals surface area contributed by atoms with Crippen LogP contribution in [0.3, 0.4) is 0 Å². The molecule has 1 aromatic carbocycles. The number of nitrogens with zero attached hydrogens (tertiary/aromatic N) is 3. The lowest BCUT2D eigenvalue weighted by Gasteiger charge is -2.16. The van der Waals surface area contributed by atoms with E-state index in [1.165, 1.54) is 12.8 Å². The molecule has 0 bridgehead atoms. The zero-order valence-corrected chi connectivity index (χ0v) is 10.7. The highest BCUT2D eigenvalue weighted by molar-refractivity contribution is 5.93. The Bertz CT molecular complexity index is 638. The maximum atomic E-state index is 10.9. The predicted octanol–water partition coefficient (Wildman–Crippen LogP) is 2.17. The molecule has 1 aliphatic carbocycles. The molecule has 1 N–H and O–H groups in total. The Morgan fingerprint density at radius 1 is 1.47 bits per heavy atom. The van der Waals surface area contributed by atoms with Gasteiger partial charge in [0.2, 0.25) is 5.95 Å². The Hall–Kier alpha value is -2.17. The van der Waals surface area contributed by atoms with Crippen molar-refractivity contribution in [3.05, 3.63) is 30.0 Å². The van der Waals surface area contributed by atoms with Gasteiger partial charge in [0.15, 0.2) is 0 Å². The summed E-state index contributed by atoms with van der Waals surface area (Å²) in [7, 11) is 1.99. The van der Waals surface area contributed by atoms with E-state index in [0.717, 1.165) is 23.4 Å². The third-order valence-corrected chi connectivity index (χ3v) is 3.38. The van der Waals surface area contributed by atoms with Gasteiger partial charge >= 0.3 is 5.97 Å². The Balaban J connectivity index is 1.92. The van der Waals surface area contributed by atoms with Crippen LogP contribution in [0.4, 0.5) is 5.95 Å². The van der Waals surface area contributed by atoms with Gasteiger partial charge in [-0.1, -0.05) is 0 Å². The highest BCUT2D eigenvalue weighted by atomic mass is 16.4. The van der Waals surface area contributed by atoms with Crippen molar-refractivity contribution in [2.24, 2.45) is 5.92 Å². The number of aromatic nitrogens is 2. The highest BCUT2D eigenvalue weighted by Gasteiger charge is 2.23. The first-order chi connectivity index (χ1) is 9.13. The van der Waals surface area contributed by atoms with Crippen molar-refractivity contribution in [3.63, 3.8) is 0 Å². The van der Waals surface area contributed by atoms with E-state index >= 15 is 0 Å². The Morgan fingerprint density at radius 3 is 2.95 bits per heavy atom. The summed E-state index contributed by atoms with van der Waals surface area (Å²) in [5, 5.41) is 9.70. The van der Waals surface area contributed by atoms with Crippen LogP contribution in [0, 0.1) is 5.92 Å². The average molecular weight is 257 g/mol. The van der Waals surface area contributed by atoms with Crippen LogP contribution in [0.25, 0.3) is 10.9 Å². The Kier molecular flexibility index (Phi) is 2.81. The van der Waals surface area contributed by atoms with Gasteiger partial charge in [0.1, 0.15) is 0 Å². The molecule has 5 nitrogen and oxygen atoms in total. The lowest BCUT2D eigenvalue weighted by Crippen LogP contribution is -2.22. The molecular weight excluding hydrogens is 242 g/mol. The molecule has 1 heterocycles. The van der Waals surface area contributed by atoms with E-state index in [9.17, 15) is 4.79 Å². The maximum absolute atomic E-state index is 10.9. The van der Waals surface area contributed by atoms with E-state index in [-0.39, 0.29) is 5.56 Å². The third-order valence-electron chi connectivity index (χ3n) is 3.38. The van der Waals surface area contributed by atoms with Gasteiger partial charge in [-0.15, -0.1) is 0 Å². The van der Waals surface area contributed by atoms with Gasteiger partial charge < -0.3 is 10.0 Å². The van der Waals surface area contributed by atoms with Crippen LogP contribution in [-0.4, -0.2) is 34.6 Å². The van der Waals surface area contributed by atoms with Gasteiger partial charge in [-0.2, -0.15) is 0 Å². The zero-order valence-electron chi connectivity index (χ0n) is 10.7. The average Bonchev–Trinajstić information content (AvgIpc) is 3.21. The lowest BCUT2D eigenvalue weighted by molar-refractivity contribution is 0.0697. The molecule has 0 radical (unpaired) electrons. The summed E-state index contributed by atoms with van der Waals surface area (Å²) in [6, 6.07) is 4.90. The largest absolute Gasteiger partial charge is 0.478 e. The minimum atomic E-state index is -0.933. The van der Waals surface area contributed by atoms with Crippen molar-refractivity contribution in [2.45, 2.75) is 12.8 Å². The first-order valence-electron chi connectivity index (χ1n) is 6.35. The van der Waals surface area contributed by atoms with Crippen LogP contribution in [0.5, 0.6) is 0 Å². The van der Waals surface area contributed by atoms with E-state index in [2.05, 4.69) is 14.9 Å². The van der Waals surface area contributed by atoms with Gasteiger partial charge in [-0.25, -0.2) is 14.8 Å². The zero-order chi connectivity index (χ0) is 13.4. The SMILES string of the molecule is CN(CC1CC1)c1ncc2cc(C(=O)O)ccc2n1. The summed E-state index contributed by atoms with van der Waals surface area (Å²) in [6.07, 6.45) is 4.27. The van der Waals surface area contributed by atoms with Crippen molar-refractivity contribution in [3.8, 4) is 0 Å². The minimum absolute atomic E-state index is 0.259. The highest BCUT2D eigenvalue weighted by Crippen LogP contribution is 2.30. The fourth-order valence-corrected chi connectivity index (χ4v) is 2.11. The molecule has 0 saturated heterocycles. The van der Waals surface area contributed by atoms with Crippen molar-refractivity contribution in [1.82, 2.24) is 9.97 Å². The number of carbonyl (C=O) groups is 1. The summed E-state index contributed by atoms with van der Waals surface area (Å²) < 4.78 is 0. The number of fused-ring (bicyclic) bond motifs is 1. The lowest BCUT2D eigenvalue weighted by atomic mass is 10.1. The molecule has 2 aromatic rings. The number of rotatable bonds is 4. The van der Waals surface area contributed by atoms with Crippen LogP contribution in [0.2, 0.25) is 0 Å². The molecular formula is C14H15N3O2. The van der Waals surface area contributed by atoms with Crippen molar-refractivity contribution in [2.75, 3.05) is 18.5 Å². The van der Waals surface area contributed by atoms with Gasteiger partial charge in [0.25, 0.3) is 0 Å². The van der Waals surface area contributed by atoms with Gasteiger partial charge in [-0.3, -0.25) is 0 Å². The molecule has 1 saturated carbocycles. The fraction of sp³-hybridized carbons (Fsp3) is 0.357. The van der Waals surface area contributed by atoms with Crippen molar-refractivity contribution < 1.29 is 9.90 Å². The molecule has 0 unspecified atom stereocenters. The van der Waals surface area contributed by atoms with E-state index in [1.54, 1.807) is 24.4 Å². The smallest absolute Gasteiger partial charge is 0.335 e. The summed E-state index contributed by atoms with van der Waals surface area (Å²) >= 11 is 0. The van der Waals surface area contributed by atoms with Crippen LogP contribution in [-0.2, 0) is 0 Å². The molecule has 1 aromatic heterocycles. The number of anilines is 1. The van der Waals surface area contributed by atoms with Crippen LogP contribution in [0.15, 0.2) is 24.4 Å². The molecule has 3 rings (SSSR count). The second kappa shape index (κ2) is 4.50. The first kappa shape index (κ1) is 11.9. The number of hydrogen-bond donors (Lipinski definition) is 1. The van der Waals surface area contributed by atoms with Crippen LogP contribution < -0.4 is 4.90 Å². The summed E-state index contributed by atoms with van der Waals surface area (Å²) in [5.41, 5.74) is 1.04. The van der Waals surface area contributed by atoms with E-state index < -0.39 is 5.97 Å². The van der Waals surface area contributed by atoms with Crippen molar-refractivity contribution in [1.29, 1.82) is 0 Å². The van der Waals surface area contributed by atoms with Crippen LogP contribution in [0.1, 0.15) is 23.2 Å². The monoisotopic (exact) mass is 257 g/mol. The minimum Gasteiger partial charge on any atom is -0.478 e. The molecule has 5 heteroatoms. The Labute approximate surface area is 110 Å². The van der Waals surface area contributed by atoms with Gasteiger partial charge in [0.05, 0.1) is 11.1 Å². The number of benzene rings is 1. The van der Waals surface area contributed by atoms with Crippen molar-refractivity contribution >= 4 is 22.8 Å². The molecule has 0 atom stereocenters. The second-order valence-corrected chi connectivity index (χ2v) is 5.07. The number of hydrogen-bond acceptors (Lipinski definition) is 4. The first-order valence-corrected chi connectivity index (χ1v) is 6.35. The van der Waals surface area contributed by atoms with Crippen LogP contribution >= 0.6 is 0 Å². The topological polar surface area (TPSA) is 66.3 Å². The van der Waals surface area contributed by atoms with Gasteiger partial charge in [-0.05, 0) is 37.0 Å². The molecule has 1 fully saturated rings. The maximum Gasteiger partial charge on any atom is 0.335 e. The summed E-state index contributed by atoms with van der Waals surface area (Å²) in [6.45, 7) is 0.985. The molecule has 0 aliphatic heterocycles. The van der Waals surface area contributed by atoms with E-state index in [1.807, 2.05) is 7.05 Å².